The van der Waals surface area contributed by atoms with E-state index in [0.29, 0.717) is 19.3 Å². The van der Waals surface area contributed by atoms with Gasteiger partial charge >= 0.3 is 25.7 Å². The fraction of sp³-hybridized carbons (Fsp3) is 0.776. The first-order valence-electron chi connectivity index (χ1n) is 28.2. The first-order chi connectivity index (χ1) is 34.2. The molecular weight excluding hydrogens is 904 g/mol. The Morgan fingerprint density at radius 2 is 0.743 bits per heavy atom. The molecule has 2 N–H and O–H groups in total. The van der Waals surface area contributed by atoms with Gasteiger partial charge in [-0.1, -0.05) is 197 Å². The molecule has 0 aromatic rings. The Morgan fingerprint density at radius 3 is 1.17 bits per heavy atom. The summed E-state index contributed by atoms with van der Waals surface area (Å²) in [6.45, 7) is 4.49. The maximum absolute atomic E-state index is 12.9. The number of hydrogen-bond donors (Lipinski definition) is 2. The van der Waals surface area contributed by atoms with E-state index < -0.39 is 57.8 Å². The molecule has 0 spiro atoms. The highest BCUT2D eigenvalue weighted by atomic mass is 31.2. The number of hydrogen-bond acceptors (Lipinski definition) is 10. The lowest BCUT2D eigenvalue weighted by molar-refractivity contribution is -0.161. The lowest BCUT2D eigenvalue weighted by atomic mass is 10.1. The van der Waals surface area contributed by atoms with Crippen LogP contribution in [0.1, 0.15) is 252 Å². The molecule has 0 aliphatic heterocycles. The van der Waals surface area contributed by atoms with Crippen LogP contribution in [0.5, 0.6) is 0 Å². The molecule has 0 saturated carbocycles. The predicted molar refractivity (Wildman–Crippen MR) is 288 cm³/mol. The van der Waals surface area contributed by atoms with Crippen molar-refractivity contribution in [3.8, 4) is 0 Å². The first kappa shape index (κ1) is 67.2. The zero-order chi connectivity index (χ0) is 51.3. The molecule has 0 fully saturated rings. The smallest absolute Gasteiger partial charge is 0.462 e. The molecule has 12 heteroatoms. The number of phosphoric acid groups is 1. The van der Waals surface area contributed by atoms with Crippen LogP contribution in [0.25, 0.3) is 0 Å². The van der Waals surface area contributed by atoms with Crippen LogP contribution in [0.3, 0.4) is 0 Å². The summed E-state index contributed by atoms with van der Waals surface area (Å²) in [5, 5.41) is 9.78. The van der Waals surface area contributed by atoms with Crippen LogP contribution in [-0.4, -0.2) is 66.5 Å². The van der Waals surface area contributed by atoms with Gasteiger partial charge in [0.1, 0.15) is 12.7 Å². The largest absolute Gasteiger partial charge is 0.472 e. The lowest BCUT2D eigenvalue weighted by Crippen LogP contribution is -2.30. The first-order valence-corrected chi connectivity index (χ1v) is 29.7. The zero-order valence-corrected chi connectivity index (χ0v) is 45.6. The van der Waals surface area contributed by atoms with Crippen molar-refractivity contribution in [3.05, 3.63) is 60.8 Å². The normalized spacial score (nSPS) is 13.8. The SMILES string of the molecule is CCC/C=C\C/C=C\CCCCCCCC(=O)OCC(COP(=O)(O)OCC(CO)OC(=O)CCCCCCC/C=C\CCCC)OC(=O)CCCCCCCCCCC/C=C\C/C=C\CCCCC. The minimum Gasteiger partial charge on any atom is -0.462 e. The number of ether oxygens (including phenoxy) is 3. The van der Waals surface area contributed by atoms with Gasteiger partial charge in [0.05, 0.1) is 19.8 Å². The van der Waals surface area contributed by atoms with Crippen molar-refractivity contribution in [1.29, 1.82) is 0 Å². The van der Waals surface area contributed by atoms with Crippen LogP contribution in [-0.2, 0) is 42.2 Å². The number of aliphatic hydroxyl groups is 1. The second-order valence-corrected chi connectivity index (χ2v) is 20.2. The highest BCUT2D eigenvalue weighted by molar-refractivity contribution is 7.47. The van der Waals surface area contributed by atoms with Crippen molar-refractivity contribution in [2.75, 3.05) is 26.4 Å². The number of aliphatic hydroxyl groups excluding tert-OH is 1. The molecule has 0 aromatic heterocycles. The average Bonchev–Trinajstić information content (AvgIpc) is 3.35. The number of allylic oxidation sites excluding steroid dienone is 10. The van der Waals surface area contributed by atoms with Crippen molar-refractivity contribution < 1.29 is 52.2 Å². The Hall–Kier alpha value is -2.82. The summed E-state index contributed by atoms with van der Waals surface area (Å²) in [4.78, 5) is 48.4. The van der Waals surface area contributed by atoms with Crippen molar-refractivity contribution in [2.45, 2.75) is 264 Å². The number of unbranched alkanes of at least 4 members (excludes halogenated alkanes) is 25. The Balaban J connectivity index is 4.73. The van der Waals surface area contributed by atoms with Gasteiger partial charge in [0.25, 0.3) is 0 Å². The van der Waals surface area contributed by atoms with E-state index in [2.05, 4.69) is 81.5 Å². The van der Waals surface area contributed by atoms with Crippen LogP contribution in [0, 0.1) is 0 Å². The van der Waals surface area contributed by atoms with Crippen LogP contribution in [0.4, 0.5) is 0 Å². The molecule has 0 amide bonds. The van der Waals surface area contributed by atoms with Gasteiger partial charge < -0.3 is 24.2 Å². The van der Waals surface area contributed by atoms with Gasteiger partial charge in [0.15, 0.2) is 6.10 Å². The summed E-state index contributed by atoms with van der Waals surface area (Å²) in [6, 6.07) is 0. The lowest BCUT2D eigenvalue weighted by Gasteiger charge is -2.21. The molecular formula is C58H103O11P. The number of carbonyl (C=O) groups excluding carboxylic acids is 3. The van der Waals surface area contributed by atoms with Gasteiger partial charge in [-0.2, -0.15) is 0 Å². The standard InChI is InChI=1S/C58H103O11P/c1-4-7-10-13-16-19-22-24-25-26-27-28-29-31-34-37-40-43-46-49-58(62)69-55(51-65-56(60)47-44-41-38-35-33-30-23-20-17-14-11-8-5-2)53-67-70(63,64)66-52-54(50-59)68-57(61)48-45-42-39-36-32-21-18-15-12-9-6-3/h11,14-16,18-20,23-25,54-55,59H,4-10,12-13,17,21-22,26-53H2,1-3H3,(H,63,64)/b14-11-,18-15-,19-16-,23-20-,25-24-. The zero-order valence-electron chi connectivity index (χ0n) is 44.7. The van der Waals surface area contributed by atoms with E-state index in [1.165, 1.54) is 77.0 Å². The monoisotopic (exact) mass is 1010 g/mol. The number of phosphoric ester groups is 1. The number of esters is 3. The Kier molecular flexibility index (Phi) is 50.4. The molecule has 0 saturated heterocycles. The number of carbonyl (C=O) groups is 3. The molecule has 0 aliphatic rings. The van der Waals surface area contributed by atoms with Crippen molar-refractivity contribution >= 4 is 25.7 Å². The highest BCUT2D eigenvalue weighted by Gasteiger charge is 2.28. The maximum atomic E-state index is 12.9. The molecule has 0 aliphatic carbocycles. The van der Waals surface area contributed by atoms with Crippen LogP contribution < -0.4 is 0 Å². The summed E-state index contributed by atoms with van der Waals surface area (Å²) >= 11 is 0. The predicted octanol–water partition coefficient (Wildman–Crippen LogP) is 16.4. The average molecular weight is 1010 g/mol. The molecule has 0 rings (SSSR count). The summed E-state index contributed by atoms with van der Waals surface area (Å²) in [6.07, 6.45) is 56.1. The van der Waals surface area contributed by atoms with Crippen LogP contribution in [0.15, 0.2) is 60.8 Å². The van der Waals surface area contributed by atoms with Crippen molar-refractivity contribution in [3.63, 3.8) is 0 Å². The third-order valence-electron chi connectivity index (χ3n) is 11.9. The summed E-state index contributed by atoms with van der Waals surface area (Å²) in [7, 11) is -4.75. The summed E-state index contributed by atoms with van der Waals surface area (Å²) < 4.78 is 39.4. The summed E-state index contributed by atoms with van der Waals surface area (Å²) in [5.41, 5.74) is 0. The van der Waals surface area contributed by atoms with Crippen molar-refractivity contribution in [2.24, 2.45) is 0 Å². The van der Waals surface area contributed by atoms with E-state index in [1.54, 1.807) is 0 Å². The van der Waals surface area contributed by atoms with E-state index in [1.807, 2.05) is 0 Å². The van der Waals surface area contributed by atoms with E-state index >= 15 is 0 Å². The Morgan fingerprint density at radius 1 is 0.400 bits per heavy atom. The van der Waals surface area contributed by atoms with Gasteiger partial charge in [0.2, 0.25) is 0 Å². The second-order valence-electron chi connectivity index (χ2n) is 18.7. The van der Waals surface area contributed by atoms with E-state index in [9.17, 15) is 28.9 Å². The van der Waals surface area contributed by atoms with Crippen molar-refractivity contribution in [1.82, 2.24) is 0 Å². The third kappa shape index (κ3) is 50.1. The fourth-order valence-corrected chi connectivity index (χ4v) is 8.31. The molecule has 0 radical (unpaired) electrons. The van der Waals surface area contributed by atoms with Gasteiger partial charge in [-0.15, -0.1) is 0 Å². The Labute approximate surface area is 427 Å². The maximum Gasteiger partial charge on any atom is 0.472 e. The van der Waals surface area contributed by atoms with Gasteiger partial charge in [-0.25, -0.2) is 4.57 Å². The number of rotatable bonds is 52. The molecule has 0 aromatic carbocycles. The second kappa shape index (κ2) is 52.5. The molecule has 3 unspecified atom stereocenters. The minimum absolute atomic E-state index is 0.159. The minimum atomic E-state index is -4.75. The Bertz CT molecular complexity index is 1410. The van der Waals surface area contributed by atoms with E-state index in [4.69, 9.17) is 23.3 Å². The molecule has 3 atom stereocenters. The van der Waals surface area contributed by atoms with Gasteiger partial charge in [-0.05, 0) is 96.3 Å². The molecule has 11 nitrogen and oxygen atoms in total. The van der Waals surface area contributed by atoms with Crippen LogP contribution >= 0.6 is 7.82 Å². The van der Waals surface area contributed by atoms with Gasteiger partial charge in [0, 0.05) is 19.3 Å². The summed E-state index contributed by atoms with van der Waals surface area (Å²) in [5.74, 6) is -1.49. The topological polar surface area (TPSA) is 155 Å². The molecule has 0 bridgehead atoms. The highest BCUT2D eigenvalue weighted by Crippen LogP contribution is 2.43. The third-order valence-corrected chi connectivity index (χ3v) is 12.8. The van der Waals surface area contributed by atoms with Gasteiger partial charge in [-0.3, -0.25) is 23.4 Å². The van der Waals surface area contributed by atoms with E-state index in [-0.39, 0.29) is 25.9 Å². The molecule has 70 heavy (non-hydrogen) atoms. The molecule has 406 valence electrons. The quantitative estimate of drug-likeness (QED) is 0.0197. The van der Waals surface area contributed by atoms with E-state index in [0.717, 1.165) is 116 Å². The van der Waals surface area contributed by atoms with Crippen LogP contribution in [0.2, 0.25) is 0 Å². The molecule has 0 heterocycles. The fourth-order valence-electron chi connectivity index (χ4n) is 7.52.